The van der Waals surface area contributed by atoms with E-state index in [-0.39, 0.29) is 25.2 Å². The Morgan fingerprint density at radius 3 is 2.69 bits per heavy atom. The molecule has 1 saturated carbocycles. The zero-order valence-corrected chi connectivity index (χ0v) is 9.79. The highest BCUT2D eigenvalue weighted by molar-refractivity contribution is 5.77. The molecule has 1 aliphatic rings. The number of terminal acetylenes is 1. The number of hydrogen-bond donors (Lipinski definition) is 2. The van der Waals surface area contributed by atoms with Crippen molar-refractivity contribution in [3.8, 4) is 12.3 Å². The van der Waals surface area contributed by atoms with Gasteiger partial charge in [-0.05, 0) is 32.7 Å². The van der Waals surface area contributed by atoms with E-state index in [2.05, 4.69) is 16.6 Å². The number of carbonyl (C=O) groups is 1. The third-order valence-corrected chi connectivity index (χ3v) is 2.92. The number of amides is 1. The average Bonchev–Trinajstić information content (AvgIpc) is 2.34. The molecule has 0 aromatic rings. The van der Waals surface area contributed by atoms with Gasteiger partial charge < -0.3 is 15.4 Å². The van der Waals surface area contributed by atoms with Gasteiger partial charge in [-0.15, -0.1) is 6.42 Å². The largest absolute Gasteiger partial charge is 0.368 e. The van der Waals surface area contributed by atoms with Gasteiger partial charge in [-0.3, -0.25) is 4.79 Å². The van der Waals surface area contributed by atoms with Gasteiger partial charge in [0.05, 0.1) is 12.6 Å². The standard InChI is InChI=1S/C12H20N2O2/c1-3-8-14-12(15)9-16-11-6-4-10(13-2)5-7-11/h1,10-11,13H,4-9H2,2H3,(H,14,15). The molecule has 16 heavy (non-hydrogen) atoms. The van der Waals surface area contributed by atoms with Crippen molar-refractivity contribution in [2.24, 2.45) is 0 Å². The molecular weight excluding hydrogens is 204 g/mol. The summed E-state index contributed by atoms with van der Waals surface area (Å²) in [4.78, 5) is 11.2. The fraction of sp³-hybridized carbons (Fsp3) is 0.750. The number of nitrogens with one attached hydrogen (secondary N) is 2. The fourth-order valence-electron chi connectivity index (χ4n) is 1.91. The average molecular weight is 224 g/mol. The van der Waals surface area contributed by atoms with Crippen LogP contribution >= 0.6 is 0 Å². The summed E-state index contributed by atoms with van der Waals surface area (Å²) in [5.41, 5.74) is 0. The van der Waals surface area contributed by atoms with Gasteiger partial charge in [-0.1, -0.05) is 5.92 Å². The summed E-state index contributed by atoms with van der Waals surface area (Å²) in [7, 11) is 1.99. The maximum absolute atomic E-state index is 11.2. The van der Waals surface area contributed by atoms with E-state index in [1.165, 1.54) is 0 Å². The normalized spacial score (nSPS) is 24.8. The monoisotopic (exact) mass is 224 g/mol. The Labute approximate surface area is 97.1 Å². The van der Waals surface area contributed by atoms with Crippen LogP contribution in [0.3, 0.4) is 0 Å². The van der Waals surface area contributed by atoms with Crippen molar-refractivity contribution in [3.63, 3.8) is 0 Å². The van der Waals surface area contributed by atoms with Crippen molar-refractivity contribution in [2.75, 3.05) is 20.2 Å². The van der Waals surface area contributed by atoms with Gasteiger partial charge in [0.2, 0.25) is 5.91 Å². The number of hydrogen-bond acceptors (Lipinski definition) is 3. The van der Waals surface area contributed by atoms with Crippen LogP contribution in [0.4, 0.5) is 0 Å². The van der Waals surface area contributed by atoms with E-state index in [0.29, 0.717) is 6.04 Å². The molecule has 0 spiro atoms. The first-order valence-corrected chi connectivity index (χ1v) is 5.75. The van der Waals surface area contributed by atoms with Crippen LogP contribution in [0.2, 0.25) is 0 Å². The van der Waals surface area contributed by atoms with Crippen LogP contribution in [-0.2, 0) is 9.53 Å². The molecule has 0 radical (unpaired) electrons. The molecule has 1 aliphatic carbocycles. The Morgan fingerprint density at radius 2 is 2.12 bits per heavy atom. The highest BCUT2D eigenvalue weighted by atomic mass is 16.5. The Bertz CT molecular complexity index is 252. The maximum atomic E-state index is 11.2. The van der Waals surface area contributed by atoms with Crippen LogP contribution in [-0.4, -0.2) is 38.3 Å². The lowest BCUT2D eigenvalue weighted by Gasteiger charge is -2.27. The van der Waals surface area contributed by atoms with Crippen LogP contribution in [0, 0.1) is 12.3 Å². The summed E-state index contributed by atoms with van der Waals surface area (Å²) >= 11 is 0. The smallest absolute Gasteiger partial charge is 0.246 e. The molecular formula is C12H20N2O2. The molecule has 0 heterocycles. The molecule has 1 fully saturated rings. The maximum Gasteiger partial charge on any atom is 0.246 e. The fourth-order valence-corrected chi connectivity index (χ4v) is 1.91. The van der Waals surface area contributed by atoms with E-state index in [0.717, 1.165) is 25.7 Å². The second kappa shape index (κ2) is 7.26. The van der Waals surface area contributed by atoms with Crippen LogP contribution in [0.15, 0.2) is 0 Å². The van der Waals surface area contributed by atoms with Gasteiger partial charge >= 0.3 is 0 Å². The zero-order valence-electron chi connectivity index (χ0n) is 9.79. The van der Waals surface area contributed by atoms with E-state index < -0.39 is 0 Å². The van der Waals surface area contributed by atoms with Crippen molar-refractivity contribution in [3.05, 3.63) is 0 Å². The van der Waals surface area contributed by atoms with Gasteiger partial charge in [0, 0.05) is 6.04 Å². The lowest BCUT2D eigenvalue weighted by molar-refractivity contribution is -0.128. The van der Waals surface area contributed by atoms with Gasteiger partial charge in [0.1, 0.15) is 6.61 Å². The van der Waals surface area contributed by atoms with Crippen LogP contribution < -0.4 is 10.6 Å². The van der Waals surface area contributed by atoms with Crippen LogP contribution in [0.25, 0.3) is 0 Å². The van der Waals surface area contributed by atoms with Gasteiger partial charge in [-0.2, -0.15) is 0 Å². The second-order valence-electron chi connectivity index (χ2n) is 4.05. The molecule has 0 aliphatic heterocycles. The van der Waals surface area contributed by atoms with Gasteiger partial charge in [0.25, 0.3) is 0 Å². The number of ether oxygens (including phenoxy) is 1. The van der Waals surface area contributed by atoms with E-state index in [1.807, 2.05) is 7.05 Å². The molecule has 2 N–H and O–H groups in total. The van der Waals surface area contributed by atoms with Crippen molar-refractivity contribution >= 4 is 5.91 Å². The molecule has 0 bridgehead atoms. The summed E-state index contributed by atoms with van der Waals surface area (Å²) in [5.74, 6) is 2.22. The molecule has 4 nitrogen and oxygen atoms in total. The third-order valence-electron chi connectivity index (χ3n) is 2.92. The highest BCUT2D eigenvalue weighted by Gasteiger charge is 2.20. The van der Waals surface area contributed by atoms with Gasteiger partial charge in [-0.25, -0.2) is 0 Å². The minimum atomic E-state index is -0.131. The third kappa shape index (κ3) is 4.65. The lowest BCUT2D eigenvalue weighted by atomic mass is 9.93. The van der Waals surface area contributed by atoms with Crippen LogP contribution in [0.5, 0.6) is 0 Å². The molecule has 0 unspecified atom stereocenters. The molecule has 0 saturated heterocycles. The van der Waals surface area contributed by atoms with Crippen LogP contribution in [0.1, 0.15) is 25.7 Å². The molecule has 90 valence electrons. The minimum absolute atomic E-state index is 0.122. The Morgan fingerprint density at radius 1 is 1.44 bits per heavy atom. The van der Waals surface area contributed by atoms with Gasteiger partial charge in [0.15, 0.2) is 0 Å². The minimum Gasteiger partial charge on any atom is -0.368 e. The molecule has 1 amide bonds. The molecule has 4 heteroatoms. The Kier molecular flexibility index (Phi) is 5.91. The molecule has 1 rings (SSSR count). The Hall–Kier alpha value is -1.05. The molecule has 0 aromatic heterocycles. The van der Waals surface area contributed by atoms with Crippen molar-refractivity contribution < 1.29 is 9.53 Å². The summed E-state index contributed by atoms with van der Waals surface area (Å²) in [6.07, 6.45) is 9.54. The first-order valence-electron chi connectivity index (χ1n) is 5.75. The topological polar surface area (TPSA) is 50.4 Å². The van der Waals surface area contributed by atoms with E-state index in [1.54, 1.807) is 0 Å². The van der Waals surface area contributed by atoms with Crippen molar-refractivity contribution in [1.29, 1.82) is 0 Å². The summed E-state index contributed by atoms with van der Waals surface area (Å²) in [6, 6.07) is 0.607. The summed E-state index contributed by atoms with van der Waals surface area (Å²) in [6.45, 7) is 0.394. The first-order chi connectivity index (χ1) is 7.76. The predicted molar refractivity (Wildman–Crippen MR) is 62.9 cm³/mol. The zero-order chi connectivity index (χ0) is 11.8. The predicted octanol–water partition coefficient (Wildman–Crippen LogP) is 0.283. The highest BCUT2D eigenvalue weighted by Crippen LogP contribution is 2.20. The number of carbonyl (C=O) groups excluding carboxylic acids is 1. The lowest BCUT2D eigenvalue weighted by Crippen LogP contribution is -2.35. The van der Waals surface area contributed by atoms with Crippen molar-refractivity contribution in [1.82, 2.24) is 10.6 Å². The molecule has 0 aromatic carbocycles. The second-order valence-corrected chi connectivity index (χ2v) is 4.05. The Balaban J connectivity index is 2.10. The van der Waals surface area contributed by atoms with E-state index in [4.69, 9.17) is 11.2 Å². The summed E-state index contributed by atoms with van der Waals surface area (Å²) in [5, 5.41) is 5.84. The number of rotatable bonds is 5. The van der Waals surface area contributed by atoms with E-state index in [9.17, 15) is 4.79 Å². The SMILES string of the molecule is C#CCNC(=O)COC1CCC(NC)CC1. The summed E-state index contributed by atoms with van der Waals surface area (Å²) < 4.78 is 5.53. The quantitative estimate of drug-likeness (QED) is 0.660. The molecule has 0 atom stereocenters. The van der Waals surface area contributed by atoms with E-state index >= 15 is 0 Å². The van der Waals surface area contributed by atoms with Crippen molar-refractivity contribution in [2.45, 2.75) is 37.8 Å². The first kappa shape index (κ1) is 13.0.